The van der Waals surface area contributed by atoms with Gasteiger partial charge in [-0.3, -0.25) is 4.40 Å². The molecule has 0 aliphatic carbocycles. The van der Waals surface area contributed by atoms with Gasteiger partial charge in [-0.1, -0.05) is 26.0 Å². The quantitative estimate of drug-likeness (QED) is 0.564. The molecule has 0 bridgehead atoms. The van der Waals surface area contributed by atoms with E-state index in [1.54, 1.807) is 0 Å². The van der Waals surface area contributed by atoms with Gasteiger partial charge >= 0.3 is 0 Å². The van der Waals surface area contributed by atoms with Crippen LogP contribution in [0, 0.1) is 20.8 Å². The summed E-state index contributed by atoms with van der Waals surface area (Å²) >= 11 is 0. The summed E-state index contributed by atoms with van der Waals surface area (Å²) in [6.07, 6.45) is 2.00. The Kier molecular flexibility index (Phi) is 3.99. The molecule has 0 spiro atoms. The van der Waals surface area contributed by atoms with Crippen molar-refractivity contribution in [2.75, 3.05) is 0 Å². The molecule has 4 heteroatoms. The van der Waals surface area contributed by atoms with E-state index >= 15 is 0 Å². The van der Waals surface area contributed by atoms with E-state index in [1.165, 1.54) is 11.1 Å². The minimum atomic E-state index is 0.294. The maximum absolute atomic E-state index is 4.77. The van der Waals surface area contributed by atoms with Crippen molar-refractivity contribution in [3.63, 3.8) is 0 Å². The van der Waals surface area contributed by atoms with Gasteiger partial charge in [-0.05, 0) is 61.6 Å². The van der Waals surface area contributed by atoms with Gasteiger partial charge in [-0.2, -0.15) is 0 Å². The van der Waals surface area contributed by atoms with Crippen molar-refractivity contribution in [3.05, 3.63) is 58.9 Å². The number of imidazole rings is 1. The van der Waals surface area contributed by atoms with Crippen LogP contribution in [-0.2, 0) is 0 Å². The Balaban J connectivity index is 2.13. The van der Waals surface area contributed by atoms with Crippen LogP contribution in [0.5, 0.6) is 0 Å². The second-order valence-electron chi connectivity index (χ2n) is 6.41. The molecule has 0 amide bonds. The van der Waals surface area contributed by atoms with Crippen molar-refractivity contribution < 1.29 is 0 Å². The second-order valence-corrected chi connectivity index (χ2v) is 6.41. The number of hydrogen-bond acceptors (Lipinski definition) is 3. The average molecular weight is 306 g/mol. The third-order valence-corrected chi connectivity index (χ3v) is 3.86. The lowest BCUT2D eigenvalue weighted by molar-refractivity contribution is 0.831. The van der Waals surface area contributed by atoms with Gasteiger partial charge in [0.05, 0.1) is 11.4 Å². The van der Waals surface area contributed by atoms with E-state index in [0.29, 0.717) is 5.92 Å². The molecule has 0 saturated carbocycles. The summed E-state index contributed by atoms with van der Waals surface area (Å²) < 4.78 is 2.02. The van der Waals surface area contributed by atoms with Crippen LogP contribution in [0.1, 0.15) is 42.1 Å². The van der Waals surface area contributed by atoms with Gasteiger partial charge in [0.1, 0.15) is 5.65 Å². The summed E-state index contributed by atoms with van der Waals surface area (Å²) in [4.78, 5) is 4.77. The first kappa shape index (κ1) is 15.4. The Morgan fingerprint density at radius 3 is 2.35 bits per heavy atom. The Morgan fingerprint density at radius 2 is 1.70 bits per heavy atom. The maximum atomic E-state index is 4.77. The van der Waals surface area contributed by atoms with Crippen molar-refractivity contribution in [3.8, 4) is 0 Å². The van der Waals surface area contributed by atoms with Crippen LogP contribution < -0.4 is 0 Å². The SMILES string of the molecule is Cc1cc(C)cc(N=Nc2c(C(C)C)nc3c(C)cccn23)c1. The van der Waals surface area contributed by atoms with Gasteiger partial charge in [0.15, 0.2) is 5.82 Å². The molecule has 3 aromatic rings. The number of aromatic nitrogens is 2. The number of nitrogens with zero attached hydrogens (tertiary/aromatic N) is 4. The van der Waals surface area contributed by atoms with Crippen LogP contribution in [0.4, 0.5) is 11.5 Å². The van der Waals surface area contributed by atoms with E-state index in [-0.39, 0.29) is 0 Å². The van der Waals surface area contributed by atoms with Gasteiger partial charge in [0.2, 0.25) is 0 Å². The molecule has 0 fully saturated rings. The van der Waals surface area contributed by atoms with Crippen molar-refractivity contribution in [1.82, 2.24) is 9.38 Å². The molecule has 4 nitrogen and oxygen atoms in total. The van der Waals surface area contributed by atoms with Crippen molar-refractivity contribution >= 4 is 17.2 Å². The highest BCUT2D eigenvalue weighted by atomic mass is 15.2. The summed E-state index contributed by atoms with van der Waals surface area (Å²) in [7, 11) is 0. The first-order valence-corrected chi connectivity index (χ1v) is 7.93. The molecule has 1 aromatic carbocycles. The summed E-state index contributed by atoms with van der Waals surface area (Å²) in [6, 6.07) is 10.3. The number of rotatable bonds is 3. The van der Waals surface area contributed by atoms with Crippen LogP contribution in [0.25, 0.3) is 5.65 Å². The van der Waals surface area contributed by atoms with Crippen LogP contribution in [0.15, 0.2) is 46.8 Å². The van der Waals surface area contributed by atoms with E-state index in [2.05, 4.69) is 57.0 Å². The van der Waals surface area contributed by atoms with Crippen LogP contribution in [0.2, 0.25) is 0 Å². The van der Waals surface area contributed by atoms with Gasteiger partial charge in [-0.15, -0.1) is 10.2 Å². The predicted octanol–water partition coefficient (Wildman–Crippen LogP) is 5.80. The third kappa shape index (κ3) is 3.02. The number of fused-ring (bicyclic) bond motifs is 1. The van der Waals surface area contributed by atoms with Gasteiger partial charge in [-0.25, -0.2) is 4.98 Å². The van der Waals surface area contributed by atoms with E-state index in [1.807, 2.05) is 28.8 Å². The summed E-state index contributed by atoms with van der Waals surface area (Å²) in [6.45, 7) is 10.5. The number of benzene rings is 1. The topological polar surface area (TPSA) is 42.0 Å². The minimum Gasteiger partial charge on any atom is -0.283 e. The first-order chi connectivity index (χ1) is 11.0. The highest BCUT2D eigenvalue weighted by Gasteiger charge is 2.15. The first-order valence-electron chi connectivity index (χ1n) is 7.93. The normalized spacial score (nSPS) is 11.9. The molecule has 0 unspecified atom stereocenters. The lowest BCUT2D eigenvalue weighted by atomic mass is 10.1. The highest BCUT2D eigenvalue weighted by Crippen LogP contribution is 2.30. The Morgan fingerprint density at radius 1 is 1.00 bits per heavy atom. The standard InChI is InChI=1S/C19H22N4/c1-12(2)17-19(23-8-6-7-15(5)18(23)20-17)22-21-16-10-13(3)9-14(4)11-16/h6-12H,1-5H3. The fraction of sp³-hybridized carbons (Fsp3) is 0.316. The molecule has 0 aliphatic rings. The van der Waals surface area contributed by atoms with E-state index in [0.717, 1.165) is 28.4 Å². The zero-order valence-electron chi connectivity index (χ0n) is 14.3. The molecule has 0 atom stereocenters. The van der Waals surface area contributed by atoms with Gasteiger partial charge in [0.25, 0.3) is 0 Å². The molecule has 0 aliphatic heterocycles. The molecular formula is C19H22N4. The van der Waals surface area contributed by atoms with Crippen molar-refractivity contribution in [2.24, 2.45) is 10.2 Å². The maximum Gasteiger partial charge on any atom is 0.183 e. The molecular weight excluding hydrogens is 284 g/mol. The molecule has 2 heterocycles. The lowest BCUT2D eigenvalue weighted by Crippen LogP contribution is -1.87. The van der Waals surface area contributed by atoms with Crippen LogP contribution >= 0.6 is 0 Å². The average Bonchev–Trinajstić information content (AvgIpc) is 2.84. The number of azo groups is 1. The van der Waals surface area contributed by atoms with E-state index in [4.69, 9.17) is 4.98 Å². The molecule has 3 rings (SSSR count). The molecule has 0 saturated heterocycles. The summed E-state index contributed by atoms with van der Waals surface area (Å²) in [5.41, 5.74) is 6.33. The molecule has 23 heavy (non-hydrogen) atoms. The smallest absolute Gasteiger partial charge is 0.183 e. The largest absolute Gasteiger partial charge is 0.283 e. The third-order valence-electron chi connectivity index (χ3n) is 3.86. The Bertz CT molecular complexity index is 868. The number of pyridine rings is 1. The van der Waals surface area contributed by atoms with Gasteiger partial charge in [0, 0.05) is 6.20 Å². The van der Waals surface area contributed by atoms with Crippen LogP contribution in [-0.4, -0.2) is 9.38 Å². The summed E-state index contributed by atoms with van der Waals surface area (Å²) in [5.74, 6) is 1.11. The van der Waals surface area contributed by atoms with Crippen molar-refractivity contribution in [1.29, 1.82) is 0 Å². The molecule has 0 radical (unpaired) electrons. The minimum absolute atomic E-state index is 0.294. The summed E-state index contributed by atoms with van der Waals surface area (Å²) in [5, 5.41) is 8.99. The van der Waals surface area contributed by atoms with Gasteiger partial charge < -0.3 is 0 Å². The number of aryl methyl sites for hydroxylation is 3. The Labute approximate surface area is 136 Å². The Hall–Kier alpha value is -2.49. The molecule has 118 valence electrons. The second kappa shape index (κ2) is 5.95. The molecule has 2 aromatic heterocycles. The van der Waals surface area contributed by atoms with E-state index < -0.39 is 0 Å². The highest BCUT2D eigenvalue weighted by molar-refractivity contribution is 5.57. The molecule has 0 N–H and O–H groups in total. The lowest BCUT2D eigenvalue weighted by Gasteiger charge is -2.02. The number of hydrogen-bond donors (Lipinski definition) is 0. The predicted molar refractivity (Wildman–Crippen MR) is 94.1 cm³/mol. The fourth-order valence-electron chi connectivity index (χ4n) is 2.81. The fourth-order valence-corrected chi connectivity index (χ4v) is 2.81. The monoisotopic (exact) mass is 306 g/mol. The van der Waals surface area contributed by atoms with Crippen molar-refractivity contribution in [2.45, 2.75) is 40.5 Å². The zero-order chi connectivity index (χ0) is 16.6. The zero-order valence-corrected chi connectivity index (χ0v) is 14.3. The van der Waals surface area contributed by atoms with Crippen LogP contribution in [0.3, 0.4) is 0 Å². The van der Waals surface area contributed by atoms with E-state index in [9.17, 15) is 0 Å².